The van der Waals surface area contributed by atoms with E-state index in [1.54, 1.807) is 0 Å². The maximum absolute atomic E-state index is 8.77. The summed E-state index contributed by atoms with van der Waals surface area (Å²) in [6.45, 7) is 3.23. The van der Waals surface area contributed by atoms with Gasteiger partial charge in [-0.2, -0.15) is 5.10 Å². The zero-order valence-electron chi connectivity index (χ0n) is 10.1. The predicted molar refractivity (Wildman–Crippen MR) is 67.8 cm³/mol. The van der Waals surface area contributed by atoms with Gasteiger partial charge >= 0.3 is 0 Å². The van der Waals surface area contributed by atoms with Crippen molar-refractivity contribution in [2.75, 3.05) is 6.61 Å². The van der Waals surface area contributed by atoms with Gasteiger partial charge in [-0.1, -0.05) is 6.07 Å². The molecule has 2 rings (SSSR count). The minimum absolute atomic E-state index is 0.267. The van der Waals surface area contributed by atoms with Gasteiger partial charge in [0.15, 0.2) is 0 Å². The van der Waals surface area contributed by atoms with Crippen molar-refractivity contribution >= 4 is 5.52 Å². The molecule has 0 aliphatic carbocycles. The first-order chi connectivity index (χ1) is 8.31. The maximum atomic E-state index is 8.77. The van der Waals surface area contributed by atoms with Crippen LogP contribution in [-0.4, -0.2) is 27.4 Å². The Morgan fingerprint density at radius 3 is 3.18 bits per heavy atom. The second-order valence-electron chi connectivity index (χ2n) is 4.35. The molecule has 0 aliphatic heterocycles. The Bertz CT molecular complexity index is 466. The van der Waals surface area contributed by atoms with E-state index >= 15 is 0 Å². The Morgan fingerprint density at radius 2 is 2.35 bits per heavy atom. The molecule has 0 spiro atoms. The number of pyridine rings is 1. The number of hydrogen-bond donors (Lipinski definition) is 2. The molecule has 2 aromatic heterocycles. The molecule has 0 saturated heterocycles. The van der Waals surface area contributed by atoms with Gasteiger partial charge in [-0.3, -0.25) is 0 Å². The van der Waals surface area contributed by atoms with Gasteiger partial charge < -0.3 is 10.4 Å². The number of aliphatic hydroxyl groups is 1. The molecule has 0 radical (unpaired) electrons. The van der Waals surface area contributed by atoms with Crippen LogP contribution in [0.5, 0.6) is 0 Å². The Hall–Kier alpha value is -1.39. The van der Waals surface area contributed by atoms with Gasteiger partial charge in [0.1, 0.15) is 0 Å². The Kier molecular flexibility index (Phi) is 4.12. The highest BCUT2D eigenvalue weighted by Gasteiger charge is 2.05. The topological polar surface area (TPSA) is 49.6 Å². The summed E-state index contributed by atoms with van der Waals surface area (Å²) in [4.78, 5) is 0. The van der Waals surface area contributed by atoms with Crippen molar-refractivity contribution in [2.24, 2.45) is 0 Å². The first-order valence-electron chi connectivity index (χ1n) is 6.06. The van der Waals surface area contributed by atoms with Crippen molar-refractivity contribution in [3.05, 3.63) is 36.2 Å². The SMILES string of the molecule is CC(CCCO)NCc1cnn2ccccc12. The molecule has 2 heterocycles. The van der Waals surface area contributed by atoms with Crippen LogP contribution < -0.4 is 5.32 Å². The molecule has 2 N–H and O–H groups in total. The molecule has 2 aromatic rings. The molecule has 0 aliphatic rings. The van der Waals surface area contributed by atoms with E-state index in [1.165, 1.54) is 5.56 Å². The lowest BCUT2D eigenvalue weighted by Gasteiger charge is -2.12. The summed E-state index contributed by atoms with van der Waals surface area (Å²) in [5.41, 5.74) is 2.36. The lowest BCUT2D eigenvalue weighted by atomic mass is 10.2. The van der Waals surface area contributed by atoms with Crippen molar-refractivity contribution in [1.29, 1.82) is 0 Å². The summed E-state index contributed by atoms with van der Waals surface area (Å²) >= 11 is 0. The summed E-state index contributed by atoms with van der Waals surface area (Å²) in [7, 11) is 0. The van der Waals surface area contributed by atoms with Crippen LogP contribution in [0.1, 0.15) is 25.3 Å². The normalized spacial score (nSPS) is 13.1. The summed E-state index contributed by atoms with van der Waals surface area (Å²) in [6.07, 6.45) is 5.70. The van der Waals surface area contributed by atoms with Crippen LogP contribution in [0.15, 0.2) is 30.6 Å². The first-order valence-corrected chi connectivity index (χ1v) is 6.06. The predicted octanol–water partition coefficient (Wildman–Crippen LogP) is 1.58. The first kappa shape index (κ1) is 12.1. The van der Waals surface area contributed by atoms with E-state index in [9.17, 15) is 0 Å². The fourth-order valence-corrected chi connectivity index (χ4v) is 1.91. The van der Waals surface area contributed by atoms with E-state index in [0.717, 1.165) is 24.9 Å². The van der Waals surface area contributed by atoms with Crippen LogP contribution >= 0.6 is 0 Å². The molecular weight excluding hydrogens is 214 g/mol. The van der Waals surface area contributed by atoms with Crippen LogP contribution in [0.25, 0.3) is 5.52 Å². The van der Waals surface area contributed by atoms with Gasteiger partial charge in [-0.25, -0.2) is 4.52 Å². The van der Waals surface area contributed by atoms with E-state index in [-0.39, 0.29) is 6.61 Å². The van der Waals surface area contributed by atoms with Crippen molar-refractivity contribution in [3.63, 3.8) is 0 Å². The molecule has 92 valence electrons. The highest BCUT2D eigenvalue weighted by molar-refractivity contribution is 5.53. The largest absolute Gasteiger partial charge is 0.396 e. The van der Waals surface area contributed by atoms with Gasteiger partial charge in [-0.15, -0.1) is 0 Å². The van der Waals surface area contributed by atoms with E-state index in [2.05, 4.69) is 23.4 Å². The van der Waals surface area contributed by atoms with Crippen molar-refractivity contribution in [1.82, 2.24) is 14.9 Å². The molecule has 0 amide bonds. The smallest absolute Gasteiger partial charge is 0.0706 e. The molecule has 0 aromatic carbocycles. The summed E-state index contributed by atoms with van der Waals surface area (Å²) in [5, 5.41) is 16.5. The monoisotopic (exact) mass is 233 g/mol. The van der Waals surface area contributed by atoms with Crippen molar-refractivity contribution in [3.8, 4) is 0 Å². The van der Waals surface area contributed by atoms with E-state index in [4.69, 9.17) is 5.11 Å². The molecule has 0 fully saturated rings. The second-order valence-corrected chi connectivity index (χ2v) is 4.35. The Labute approximate surface area is 101 Å². The fourth-order valence-electron chi connectivity index (χ4n) is 1.91. The second kappa shape index (κ2) is 5.80. The minimum atomic E-state index is 0.267. The van der Waals surface area contributed by atoms with Gasteiger partial charge in [-0.05, 0) is 31.9 Å². The number of aromatic nitrogens is 2. The minimum Gasteiger partial charge on any atom is -0.396 e. The molecule has 4 nitrogen and oxygen atoms in total. The number of nitrogens with one attached hydrogen (secondary N) is 1. The lowest BCUT2D eigenvalue weighted by Crippen LogP contribution is -2.25. The van der Waals surface area contributed by atoms with Crippen LogP contribution in [0, 0.1) is 0 Å². The molecule has 1 unspecified atom stereocenters. The third-order valence-corrected chi connectivity index (χ3v) is 2.94. The van der Waals surface area contributed by atoms with Crippen molar-refractivity contribution in [2.45, 2.75) is 32.4 Å². The average Bonchev–Trinajstić information content (AvgIpc) is 2.77. The quantitative estimate of drug-likeness (QED) is 0.796. The number of fused-ring (bicyclic) bond motifs is 1. The standard InChI is InChI=1S/C13H19N3O/c1-11(5-4-8-17)14-9-12-10-15-16-7-3-2-6-13(12)16/h2-3,6-7,10-11,14,17H,4-5,8-9H2,1H3. The number of rotatable bonds is 6. The van der Waals surface area contributed by atoms with Crippen LogP contribution in [0.2, 0.25) is 0 Å². The van der Waals surface area contributed by atoms with Gasteiger partial charge in [0.2, 0.25) is 0 Å². The van der Waals surface area contributed by atoms with Crippen LogP contribution in [0.4, 0.5) is 0 Å². The maximum Gasteiger partial charge on any atom is 0.0706 e. The third kappa shape index (κ3) is 3.05. The zero-order chi connectivity index (χ0) is 12.1. The van der Waals surface area contributed by atoms with Crippen molar-refractivity contribution < 1.29 is 5.11 Å². The molecule has 4 heteroatoms. The number of hydrogen-bond acceptors (Lipinski definition) is 3. The van der Waals surface area contributed by atoms with Crippen LogP contribution in [0.3, 0.4) is 0 Å². The number of aliphatic hydroxyl groups excluding tert-OH is 1. The summed E-state index contributed by atoms with van der Waals surface area (Å²) < 4.78 is 1.88. The lowest BCUT2D eigenvalue weighted by molar-refractivity contribution is 0.276. The molecule has 17 heavy (non-hydrogen) atoms. The average molecular weight is 233 g/mol. The van der Waals surface area contributed by atoms with Gasteiger partial charge in [0.25, 0.3) is 0 Å². The molecular formula is C13H19N3O. The van der Waals surface area contributed by atoms with Gasteiger partial charge in [0.05, 0.1) is 11.7 Å². The van der Waals surface area contributed by atoms with E-state index in [0.29, 0.717) is 6.04 Å². The molecule has 0 bridgehead atoms. The fraction of sp³-hybridized carbons (Fsp3) is 0.462. The third-order valence-electron chi connectivity index (χ3n) is 2.94. The molecule has 0 saturated carbocycles. The zero-order valence-corrected chi connectivity index (χ0v) is 10.1. The highest BCUT2D eigenvalue weighted by Crippen LogP contribution is 2.10. The Morgan fingerprint density at radius 1 is 1.47 bits per heavy atom. The van der Waals surface area contributed by atoms with Crippen LogP contribution in [-0.2, 0) is 6.54 Å². The summed E-state index contributed by atoms with van der Waals surface area (Å²) in [5.74, 6) is 0. The highest BCUT2D eigenvalue weighted by atomic mass is 16.2. The van der Waals surface area contributed by atoms with E-state index in [1.807, 2.05) is 29.0 Å². The molecule has 1 atom stereocenters. The number of nitrogens with zero attached hydrogens (tertiary/aromatic N) is 2. The Balaban J connectivity index is 1.95. The van der Waals surface area contributed by atoms with Gasteiger partial charge in [0, 0.05) is 31.0 Å². The van der Waals surface area contributed by atoms with E-state index < -0.39 is 0 Å². The summed E-state index contributed by atoms with van der Waals surface area (Å²) in [6, 6.07) is 6.49.